The molecule has 0 saturated heterocycles. The maximum Gasteiger partial charge on any atom is 0.184 e. The summed E-state index contributed by atoms with van der Waals surface area (Å²) >= 11 is 0. The van der Waals surface area contributed by atoms with Gasteiger partial charge in [0.15, 0.2) is 22.8 Å². The minimum absolute atomic E-state index is 0.119. The number of nitrogens with two attached hydrogens (primary N) is 1. The van der Waals surface area contributed by atoms with Crippen molar-refractivity contribution in [1.29, 1.82) is 0 Å². The van der Waals surface area contributed by atoms with Crippen molar-refractivity contribution in [2.45, 2.75) is 45.1 Å². The van der Waals surface area contributed by atoms with Gasteiger partial charge in [0.2, 0.25) is 0 Å². The summed E-state index contributed by atoms with van der Waals surface area (Å²) in [5.41, 5.74) is 6.70. The molecule has 2 aromatic rings. The number of Topliss-reactive ketones (excluding diaryl/α,β-unsaturated/α-hetero) is 1. The van der Waals surface area contributed by atoms with Crippen LogP contribution in [0.15, 0.2) is 6.33 Å². The molecule has 120 valence electrons. The molecule has 6 rings (SSSR count). The number of fused-ring (bicyclic) bond motifs is 1. The lowest BCUT2D eigenvalue weighted by Gasteiger charge is -2.55. The van der Waals surface area contributed by atoms with Gasteiger partial charge >= 0.3 is 0 Å². The Hall–Kier alpha value is -2.05. The smallest absolute Gasteiger partial charge is 0.184 e. The first-order valence-electron chi connectivity index (χ1n) is 8.46. The second-order valence-electron chi connectivity index (χ2n) is 7.80. The molecule has 2 N–H and O–H groups in total. The molecule has 4 saturated carbocycles. The third-order valence-electron chi connectivity index (χ3n) is 6.25. The zero-order chi connectivity index (χ0) is 15.6. The first-order chi connectivity index (χ1) is 11.1. The molecular formula is C16H20N6O. The zero-order valence-corrected chi connectivity index (χ0v) is 13.0. The summed E-state index contributed by atoms with van der Waals surface area (Å²) in [6, 6.07) is 0. The predicted molar refractivity (Wildman–Crippen MR) is 83.1 cm³/mol. The van der Waals surface area contributed by atoms with Crippen LogP contribution in [0.1, 0.15) is 38.5 Å². The van der Waals surface area contributed by atoms with E-state index >= 15 is 0 Å². The number of carbonyl (C=O) groups is 1. The van der Waals surface area contributed by atoms with E-state index in [9.17, 15) is 4.79 Å². The van der Waals surface area contributed by atoms with E-state index < -0.39 is 0 Å². The molecule has 0 atom stereocenters. The Balaban J connectivity index is 1.46. The summed E-state index contributed by atoms with van der Waals surface area (Å²) in [4.78, 5) is 21.2. The summed E-state index contributed by atoms with van der Waals surface area (Å²) in [6.45, 7) is 0.249. The first kappa shape index (κ1) is 13.4. The average molecular weight is 312 g/mol. The Morgan fingerprint density at radius 2 is 1.83 bits per heavy atom. The van der Waals surface area contributed by atoms with Crippen LogP contribution in [-0.2, 0) is 11.3 Å². The van der Waals surface area contributed by atoms with E-state index in [1.165, 1.54) is 25.6 Å². The zero-order valence-electron chi connectivity index (χ0n) is 13.0. The maximum atomic E-state index is 13.1. The Bertz CT molecular complexity index is 762. The van der Waals surface area contributed by atoms with Crippen LogP contribution in [0.3, 0.4) is 0 Å². The fourth-order valence-electron chi connectivity index (χ4n) is 5.67. The SMILES string of the molecule is Nc1ncnc2c1nnn2CC(=O)C12CC3CC(CC(C3)C1)C2. The highest BCUT2D eigenvalue weighted by Gasteiger charge is 2.54. The van der Waals surface area contributed by atoms with Gasteiger partial charge in [-0.25, -0.2) is 14.6 Å². The van der Waals surface area contributed by atoms with Crippen molar-refractivity contribution in [2.24, 2.45) is 23.2 Å². The summed E-state index contributed by atoms with van der Waals surface area (Å²) in [7, 11) is 0. The van der Waals surface area contributed by atoms with Crippen molar-refractivity contribution in [3.8, 4) is 0 Å². The number of nitrogens with zero attached hydrogens (tertiary/aromatic N) is 5. The van der Waals surface area contributed by atoms with Crippen LogP contribution >= 0.6 is 0 Å². The van der Waals surface area contributed by atoms with Crippen molar-refractivity contribution in [3.05, 3.63) is 6.33 Å². The standard InChI is InChI=1S/C16H20N6O/c17-14-13-15(19-8-18-14)22(21-20-13)7-12(23)16-4-9-1-10(5-16)3-11(2-9)6-16/h8-11H,1-7H2,(H2,17,18,19). The Morgan fingerprint density at radius 1 is 1.17 bits per heavy atom. The van der Waals surface area contributed by atoms with Crippen LogP contribution in [0.5, 0.6) is 0 Å². The molecule has 0 spiro atoms. The fourth-order valence-corrected chi connectivity index (χ4v) is 5.67. The highest BCUT2D eigenvalue weighted by Crippen LogP contribution is 2.60. The largest absolute Gasteiger partial charge is 0.382 e. The van der Waals surface area contributed by atoms with E-state index in [2.05, 4.69) is 20.3 Å². The van der Waals surface area contributed by atoms with Gasteiger partial charge in [-0.1, -0.05) is 5.21 Å². The topological polar surface area (TPSA) is 99.6 Å². The molecule has 0 amide bonds. The summed E-state index contributed by atoms with van der Waals surface area (Å²) in [5, 5.41) is 8.12. The van der Waals surface area contributed by atoms with Crippen LogP contribution in [-0.4, -0.2) is 30.7 Å². The molecule has 0 unspecified atom stereocenters. The normalized spacial score (nSPS) is 35.0. The van der Waals surface area contributed by atoms with Crippen LogP contribution in [0.4, 0.5) is 5.82 Å². The molecule has 7 nitrogen and oxygen atoms in total. The number of ketones is 1. The number of anilines is 1. The van der Waals surface area contributed by atoms with Gasteiger partial charge in [0, 0.05) is 5.41 Å². The quantitative estimate of drug-likeness (QED) is 0.924. The molecule has 4 fully saturated rings. The lowest BCUT2D eigenvalue weighted by molar-refractivity contribution is -0.144. The van der Waals surface area contributed by atoms with E-state index in [0.717, 1.165) is 37.0 Å². The molecular weight excluding hydrogens is 292 g/mol. The van der Waals surface area contributed by atoms with Gasteiger partial charge in [-0.2, -0.15) is 0 Å². The van der Waals surface area contributed by atoms with Crippen molar-refractivity contribution in [3.63, 3.8) is 0 Å². The molecule has 4 aliphatic carbocycles. The van der Waals surface area contributed by atoms with Crippen molar-refractivity contribution in [1.82, 2.24) is 25.0 Å². The molecule has 0 radical (unpaired) electrons. The molecule has 23 heavy (non-hydrogen) atoms. The highest BCUT2D eigenvalue weighted by molar-refractivity contribution is 5.87. The van der Waals surface area contributed by atoms with Crippen molar-refractivity contribution < 1.29 is 4.79 Å². The maximum absolute atomic E-state index is 13.1. The van der Waals surface area contributed by atoms with Gasteiger partial charge in [0.25, 0.3) is 0 Å². The fraction of sp³-hybridized carbons (Fsp3) is 0.688. The number of aromatic nitrogens is 5. The molecule has 0 aromatic carbocycles. The number of hydrogen-bond acceptors (Lipinski definition) is 6. The molecule has 7 heteroatoms. The number of hydrogen-bond donors (Lipinski definition) is 1. The Kier molecular flexibility index (Phi) is 2.61. The summed E-state index contributed by atoms with van der Waals surface area (Å²) in [5.74, 6) is 2.89. The number of rotatable bonds is 3. The van der Waals surface area contributed by atoms with Crippen LogP contribution < -0.4 is 5.73 Å². The minimum atomic E-state index is -0.119. The van der Waals surface area contributed by atoms with Gasteiger partial charge in [-0.3, -0.25) is 4.79 Å². The van der Waals surface area contributed by atoms with Crippen LogP contribution in [0, 0.1) is 23.2 Å². The number of carbonyl (C=O) groups excluding carboxylic acids is 1. The third-order valence-corrected chi connectivity index (χ3v) is 6.25. The minimum Gasteiger partial charge on any atom is -0.382 e. The van der Waals surface area contributed by atoms with E-state index in [0.29, 0.717) is 22.8 Å². The van der Waals surface area contributed by atoms with Gasteiger partial charge in [0.05, 0.1) is 0 Å². The van der Waals surface area contributed by atoms with Crippen molar-refractivity contribution >= 4 is 22.8 Å². The predicted octanol–water partition coefficient (Wildman–Crippen LogP) is 1.59. The van der Waals surface area contributed by atoms with Gasteiger partial charge < -0.3 is 5.73 Å². The monoisotopic (exact) mass is 312 g/mol. The average Bonchev–Trinajstić information content (AvgIpc) is 2.90. The van der Waals surface area contributed by atoms with Gasteiger partial charge in [0.1, 0.15) is 12.9 Å². The van der Waals surface area contributed by atoms with Crippen molar-refractivity contribution in [2.75, 3.05) is 5.73 Å². The Labute approximate surface area is 133 Å². The van der Waals surface area contributed by atoms with Gasteiger partial charge in [-0.15, -0.1) is 5.10 Å². The highest BCUT2D eigenvalue weighted by atomic mass is 16.1. The van der Waals surface area contributed by atoms with E-state index in [1.54, 1.807) is 4.68 Å². The number of nitrogen functional groups attached to an aromatic ring is 1. The van der Waals surface area contributed by atoms with Crippen LogP contribution in [0.25, 0.3) is 11.2 Å². The van der Waals surface area contributed by atoms with Crippen LogP contribution in [0.2, 0.25) is 0 Å². The second kappa shape index (κ2) is 4.49. The Morgan fingerprint density at radius 3 is 2.48 bits per heavy atom. The third kappa shape index (κ3) is 1.91. The molecule has 4 bridgehead atoms. The molecule has 0 aliphatic heterocycles. The van der Waals surface area contributed by atoms with Gasteiger partial charge in [-0.05, 0) is 56.3 Å². The summed E-state index contributed by atoms with van der Waals surface area (Å²) in [6.07, 6.45) is 8.62. The second-order valence-corrected chi connectivity index (χ2v) is 7.80. The summed E-state index contributed by atoms with van der Waals surface area (Å²) < 4.78 is 1.59. The lowest BCUT2D eigenvalue weighted by Crippen LogP contribution is -2.50. The molecule has 2 heterocycles. The van der Waals surface area contributed by atoms with E-state index in [-0.39, 0.29) is 12.0 Å². The molecule has 2 aromatic heterocycles. The lowest BCUT2D eigenvalue weighted by atomic mass is 9.48. The van der Waals surface area contributed by atoms with E-state index in [4.69, 9.17) is 5.73 Å². The molecule has 4 aliphatic rings. The van der Waals surface area contributed by atoms with E-state index in [1.807, 2.05) is 0 Å². The first-order valence-corrected chi connectivity index (χ1v) is 8.46.